The first-order chi connectivity index (χ1) is 16.3. The largest absolute Gasteiger partial charge is 0.336 e. The Balaban J connectivity index is 1.67. The number of halogens is 1. The number of para-hydroxylation sites is 2. The highest BCUT2D eigenvalue weighted by molar-refractivity contribution is 9.10. The van der Waals surface area contributed by atoms with Gasteiger partial charge in [0, 0.05) is 41.1 Å². The summed E-state index contributed by atoms with van der Waals surface area (Å²) in [6, 6.07) is 16.1. The normalized spacial score (nSPS) is 17.9. The molecule has 180 valence electrons. The zero-order valence-corrected chi connectivity index (χ0v) is 22.0. The lowest BCUT2D eigenvalue weighted by atomic mass is 10.1. The highest BCUT2D eigenvalue weighted by Crippen LogP contribution is 2.34. The fourth-order valence-corrected chi connectivity index (χ4v) is 5.12. The van der Waals surface area contributed by atoms with E-state index < -0.39 is 0 Å². The van der Waals surface area contributed by atoms with E-state index in [1.807, 2.05) is 62.9 Å². The molecule has 3 aromatic rings. The molecule has 4 rings (SSSR count). The van der Waals surface area contributed by atoms with Gasteiger partial charge in [-0.1, -0.05) is 41.9 Å². The molecule has 2 aromatic carbocycles. The van der Waals surface area contributed by atoms with Gasteiger partial charge in [-0.25, -0.2) is 4.98 Å². The Bertz CT molecular complexity index is 1160. The molecule has 0 bridgehead atoms. The van der Waals surface area contributed by atoms with Gasteiger partial charge in [-0.05, 0) is 63.1 Å². The van der Waals surface area contributed by atoms with Gasteiger partial charge in [0.05, 0.1) is 11.0 Å². The van der Waals surface area contributed by atoms with Crippen molar-refractivity contribution >= 4 is 44.5 Å². The predicted octanol–water partition coefficient (Wildman–Crippen LogP) is 5.74. The molecule has 0 spiro atoms. The summed E-state index contributed by atoms with van der Waals surface area (Å²) in [4.78, 5) is 35.3. The lowest BCUT2D eigenvalue weighted by Crippen LogP contribution is -2.46. The first-order valence-corrected chi connectivity index (χ1v) is 13.0. The van der Waals surface area contributed by atoms with Crippen LogP contribution in [0.2, 0.25) is 0 Å². The molecular formula is C27H33BrN4O2. The molecule has 3 atom stereocenters. The molecule has 1 aliphatic heterocycles. The van der Waals surface area contributed by atoms with Crippen LogP contribution in [0.5, 0.6) is 0 Å². The Morgan fingerprint density at radius 1 is 1.09 bits per heavy atom. The molecule has 7 heteroatoms. The summed E-state index contributed by atoms with van der Waals surface area (Å²) in [5, 5.41) is 0. The van der Waals surface area contributed by atoms with Crippen LogP contribution >= 0.6 is 15.9 Å². The van der Waals surface area contributed by atoms with Crippen LogP contribution < -0.4 is 4.90 Å². The number of imidazole rings is 1. The number of hydrogen-bond acceptors (Lipinski definition) is 3. The number of rotatable bonds is 8. The standard InChI is InChI=1S/C27H33BrN4O2/c1-5-18(3)32(19(4)6-2)26(34)17-31-24-10-8-7-9-23(24)29-27(31)20-15-25(33)30(16-20)22-13-11-21(28)12-14-22/h7-14,18-20H,5-6,15-17H2,1-4H3. The summed E-state index contributed by atoms with van der Waals surface area (Å²) in [5.74, 6) is 0.924. The number of aromatic nitrogens is 2. The van der Waals surface area contributed by atoms with Crippen molar-refractivity contribution < 1.29 is 9.59 Å². The van der Waals surface area contributed by atoms with Gasteiger partial charge < -0.3 is 14.4 Å². The van der Waals surface area contributed by atoms with Crippen LogP contribution in [0, 0.1) is 0 Å². The maximum atomic E-state index is 13.6. The second-order valence-electron chi connectivity index (χ2n) is 9.24. The number of carbonyl (C=O) groups is 2. The zero-order chi connectivity index (χ0) is 24.4. The number of carbonyl (C=O) groups excluding carboxylic acids is 2. The molecule has 1 aromatic heterocycles. The third kappa shape index (κ3) is 4.76. The van der Waals surface area contributed by atoms with E-state index in [0.29, 0.717) is 13.0 Å². The molecule has 0 aliphatic carbocycles. The fraction of sp³-hybridized carbons (Fsp3) is 0.444. The van der Waals surface area contributed by atoms with Crippen LogP contribution in [0.1, 0.15) is 58.7 Å². The average molecular weight is 525 g/mol. The van der Waals surface area contributed by atoms with E-state index in [4.69, 9.17) is 4.98 Å². The molecule has 1 saturated heterocycles. The number of amides is 2. The lowest BCUT2D eigenvalue weighted by molar-refractivity contribution is -0.136. The summed E-state index contributed by atoms with van der Waals surface area (Å²) in [6.45, 7) is 9.25. The van der Waals surface area contributed by atoms with Crippen molar-refractivity contribution in [1.82, 2.24) is 14.5 Å². The van der Waals surface area contributed by atoms with Gasteiger partial charge in [0.2, 0.25) is 11.8 Å². The SMILES string of the molecule is CCC(C)N(C(=O)Cn1c(C2CC(=O)N(c3ccc(Br)cc3)C2)nc2ccccc21)C(C)CC. The van der Waals surface area contributed by atoms with E-state index in [1.54, 1.807) is 0 Å². The molecule has 1 fully saturated rings. The summed E-state index contributed by atoms with van der Waals surface area (Å²) < 4.78 is 3.02. The minimum absolute atomic E-state index is 0.0722. The Kier molecular flexibility index (Phi) is 7.41. The highest BCUT2D eigenvalue weighted by atomic mass is 79.9. The maximum Gasteiger partial charge on any atom is 0.243 e. The summed E-state index contributed by atoms with van der Waals surface area (Å²) in [5.41, 5.74) is 2.68. The smallest absolute Gasteiger partial charge is 0.243 e. The van der Waals surface area contributed by atoms with Crippen molar-refractivity contribution in [2.75, 3.05) is 11.4 Å². The van der Waals surface area contributed by atoms with Gasteiger partial charge in [-0.15, -0.1) is 0 Å². The van der Waals surface area contributed by atoms with Crippen molar-refractivity contribution in [2.45, 2.75) is 71.5 Å². The number of benzene rings is 2. The third-order valence-electron chi connectivity index (χ3n) is 7.03. The summed E-state index contributed by atoms with van der Waals surface area (Å²) in [7, 11) is 0. The minimum Gasteiger partial charge on any atom is -0.336 e. The second kappa shape index (κ2) is 10.3. The molecule has 6 nitrogen and oxygen atoms in total. The van der Waals surface area contributed by atoms with E-state index in [-0.39, 0.29) is 36.4 Å². The number of hydrogen-bond donors (Lipinski definition) is 0. The van der Waals surface area contributed by atoms with E-state index in [1.165, 1.54) is 0 Å². The van der Waals surface area contributed by atoms with Crippen LogP contribution in [0.15, 0.2) is 53.0 Å². The Labute approximate surface area is 210 Å². The minimum atomic E-state index is -0.0722. The van der Waals surface area contributed by atoms with Gasteiger partial charge >= 0.3 is 0 Å². The van der Waals surface area contributed by atoms with Crippen LogP contribution in [-0.2, 0) is 16.1 Å². The Morgan fingerprint density at radius 2 is 1.74 bits per heavy atom. The molecule has 0 radical (unpaired) electrons. The molecule has 2 amide bonds. The molecule has 3 unspecified atom stereocenters. The third-order valence-corrected chi connectivity index (χ3v) is 7.55. The lowest BCUT2D eigenvalue weighted by Gasteiger charge is -2.34. The van der Waals surface area contributed by atoms with Crippen molar-refractivity contribution in [3.05, 3.63) is 58.8 Å². The van der Waals surface area contributed by atoms with Gasteiger partial charge in [-0.2, -0.15) is 0 Å². The van der Waals surface area contributed by atoms with Gasteiger partial charge in [-0.3, -0.25) is 9.59 Å². The molecule has 0 saturated carbocycles. The van der Waals surface area contributed by atoms with Crippen LogP contribution in [0.25, 0.3) is 11.0 Å². The summed E-state index contributed by atoms with van der Waals surface area (Å²) in [6.07, 6.45) is 2.20. The van der Waals surface area contributed by atoms with E-state index in [0.717, 1.165) is 39.9 Å². The van der Waals surface area contributed by atoms with Crippen molar-refractivity contribution in [1.29, 1.82) is 0 Å². The van der Waals surface area contributed by atoms with Crippen LogP contribution in [0.4, 0.5) is 5.69 Å². The average Bonchev–Trinajstić information content (AvgIpc) is 3.40. The van der Waals surface area contributed by atoms with Crippen LogP contribution in [0.3, 0.4) is 0 Å². The van der Waals surface area contributed by atoms with Gasteiger partial charge in [0.15, 0.2) is 0 Å². The van der Waals surface area contributed by atoms with Crippen molar-refractivity contribution in [2.24, 2.45) is 0 Å². The maximum absolute atomic E-state index is 13.6. The monoisotopic (exact) mass is 524 g/mol. The molecule has 1 aliphatic rings. The summed E-state index contributed by atoms with van der Waals surface area (Å²) >= 11 is 3.46. The van der Waals surface area contributed by atoms with E-state index in [2.05, 4.69) is 43.6 Å². The van der Waals surface area contributed by atoms with Crippen LogP contribution in [-0.4, -0.2) is 44.9 Å². The number of anilines is 1. The van der Waals surface area contributed by atoms with Crippen molar-refractivity contribution in [3.63, 3.8) is 0 Å². The van der Waals surface area contributed by atoms with Gasteiger partial charge in [0.25, 0.3) is 0 Å². The first kappa shape index (κ1) is 24.5. The number of fused-ring (bicyclic) bond motifs is 1. The molecule has 2 heterocycles. The molecule has 34 heavy (non-hydrogen) atoms. The second-order valence-corrected chi connectivity index (χ2v) is 10.2. The Morgan fingerprint density at radius 3 is 2.38 bits per heavy atom. The molecule has 0 N–H and O–H groups in total. The fourth-order valence-electron chi connectivity index (χ4n) is 4.86. The topological polar surface area (TPSA) is 58.4 Å². The van der Waals surface area contributed by atoms with Gasteiger partial charge in [0.1, 0.15) is 12.4 Å². The first-order valence-electron chi connectivity index (χ1n) is 12.2. The van der Waals surface area contributed by atoms with Crippen molar-refractivity contribution in [3.8, 4) is 0 Å². The number of nitrogens with zero attached hydrogens (tertiary/aromatic N) is 4. The quantitative estimate of drug-likeness (QED) is 0.377. The predicted molar refractivity (Wildman–Crippen MR) is 140 cm³/mol. The highest BCUT2D eigenvalue weighted by Gasteiger charge is 2.35. The molecular weight excluding hydrogens is 492 g/mol. The van der Waals surface area contributed by atoms with E-state index in [9.17, 15) is 9.59 Å². The zero-order valence-electron chi connectivity index (χ0n) is 20.4. The van der Waals surface area contributed by atoms with E-state index >= 15 is 0 Å². The Hall–Kier alpha value is -2.67.